The summed E-state index contributed by atoms with van der Waals surface area (Å²) in [6, 6.07) is 12.7. The summed E-state index contributed by atoms with van der Waals surface area (Å²) < 4.78 is 82.3. The molecule has 2 aromatic rings. The Balaban J connectivity index is 0.000000379. The molecule has 0 aliphatic carbocycles. The largest absolute Gasteiger partial charge is 0.444 e. The fraction of sp³-hybridized carbons (Fsp3) is 0.545. The van der Waals surface area contributed by atoms with E-state index in [4.69, 9.17) is 16.3 Å². The summed E-state index contributed by atoms with van der Waals surface area (Å²) in [6.45, 7) is 12.0. The van der Waals surface area contributed by atoms with Gasteiger partial charge >= 0.3 is 18.4 Å². The van der Waals surface area contributed by atoms with E-state index in [1.165, 1.54) is 18.2 Å². The van der Waals surface area contributed by atoms with Crippen LogP contribution in [0, 0.1) is 0 Å². The summed E-state index contributed by atoms with van der Waals surface area (Å²) >= 11 is 5.60. The molecule has 0 saturated carbocycles. The molecule has 15 heteroatoms. The first-order valence-electron chi connectivity index (χ1n) is 15.1. The number of nitrogens with one attached hydrogen (secondary N) is 2. The van der Waals surface area contributed by atoms with Gasteiger partial charge in [0.1, 0.15) is 16.7 Å². The number of alkyl halides is 7. The fourth-order valence-corrected chi connectivity index (χ4v) is 4.30. The van der Waals surface area contributed by atoms with Crippen LogP contribution in [0.4, 0.5) is 31.1 Å². The first-order valence-corrected chi connectivity index (χ1v) is 15.6. The molecule has 2 aromatic carbocycles. The quantitative estimate of drug-likeness (QED) is 0.233. The molecule has 0 spiro atoms. The highest BCUT2D eigenvalue weighted by Crippen LogP contribution is 2.31. The van der Waals surface area contributed by atoms with Gasteiger partial charge < -0.3 is 20.3 Å². The molecule has 0 unspecified atom stereocenters. The topological polar surface area (TPSA) is 91.0 Å². The predicted octanol–water partition coefficient (Wildman–Crippen LogP) is 7.31. The molecule has 1 saturated heterocycles. The van der Waals surface area contributed by atoms with Crippen molar-refractivity contribution in [3.63, 3.8) is 0 Å². The summed E-state index contributed by atoms with van der Waals surface area (Å²) in [5.41, 5.74) is -3.32. The standard InChI is InChI=1S/C21H30F3N3O3.C12H13ClF3NO/c1-19(2,3)30-18(29)27-11-9-26(10-12-27)14-15-7-6-8-16(13-15)17(28)25-20(4,5)21(22,23)24;1-11(2,12(14,15)16)17-10(18)9-5-3-4-8(6-9)7-13/h6-8,13H,9-12,14H2,1-5H3,(H,25,28);3-6H,7H2,1-2H3,(H,17,18). The zero-order valence-electron chi connectivity index (χ0n) is 28.0. The van der Waals surface area contributed by atoms with Gasteiger partial charge in [0.15, 0.2) is 0 Å². The number of benzene rings is 2. The third-order valence-electron chi connectivity index (χ3n) is 7.23. The average molecular weight is 709 g/mol. The van der Waals surface area contributed by atoms with Gasteiger partial charge in [-0.25, -0.2) is 4.79 Å². The van der Waals surface area contributed by atoms with E-state index in [0.717, 1.165) is 33.3 Å². The Kier molecular flexibility index (Phi) is 13.4. The van der Waals surface area contributed by atoms with Crippen LogP contribution in [0.1, 0.15) is 80.3 Å². The number of hydrogen-bond acceptors (Lipinski definition) is 5. The lowest BCUT2D eigenvalue weighted by Gasteiger charge is -2.35. The molecule has 3 amide bonds. The number of amides is 3. The van der Waals surface area contributed by atoms with Crippen LogP contribution in [0.3, 0.4) is 0 Å². The van der Waals surface area contributed by atoms with Crippen molar-refractivity contribution in [3.05, 3.63) is 70.8 Å². The molecule has 1 aliphatic heterocycles. The molecule has 1 fully saturated rings. The van der Waals surface area contributed by atoms with Crippen molar-refractivity contribution in [2.24, 2.45) is 0 Å². The van der Waals surface area contributed by atoms with Crippen LogP contribution in [-0.2, 0) is 17.2 Å². The second-order valence-corrected chi connectivity index (χ2v) is 13.7. The van der Waals surface area contributed by atoms with Gasteiger partial charge in [-0.1, -0.05) is 24.3 Å². The summed E-state index contributed by atoms with van der Waals surface area (Å²) in [5, 5.41) is 4.00. The number of nitrogens with zero attached hydrogens (tertiary/aromatic N) is 2. The maximum absolute atomic E-state index is 13.0. The second-order valence-electron chi connectivity index (χ2n) is 13.4. The van der Waals surface area contributed by atoms with Crippen LogP contribution in [-0.4, -0.2) is 82.9 Å². The van der Waals surface area contributed by atoms with Gasteiger partial charge in [0, 0.05) is 49.7 Å². The summed E-state index contributed by atoms with van der Waals surface area (Å²) in [5.74, 6) is -1.35. The lowest BCUT2D eigenvalue weighted by molar-refractivity contribution is -0.183. The van der Waals surface area contributed by atoms with Crippen molar-refractivity contribution in [1.29, 1.82) is 0 Å². The zero-order valence-corrected chi connectivity index (χ0v) is 28.8. The molecule has 0 bridgehead atoms. The number of hydrogen-bond donors (Lipinski definition) is 2. The number of carbonyl (C=O) groups is 3. The van der Waals surface area contributed by atoms with Crippen LogP contribution in [0.15, 0.2) is 48.5 Å². The van der Waals surface area contributed by atoms with Crippen LogP contribution in [0.5, 0.6) is 0 Å². The molecular formula is C33H43ClF6N4O4. The Morgan fingerprint density at radius 1 is 0.708 bits per heavy atom. The lowest BCUT2D eigenvalue weighted by Crippen LogP contribution is -2.54. The number of carbonyl (C=O) groups excluding carboxylic acids is 3. The molecule has 8 nitrogen and oxygen atoms in total. The monoisotopic (exact) mass is 708 g/mol. The molecule has 0 aromatic heterocycles. The Morgan fingerprint density at radius 3 is 1.52 bits per heavy atom. The van der Waals surface area contributed by atoms with E-state index in [1.54, 1.807) is 29.2 Å². The van der Waals surface area contributed by atoms with Crippen molar-refractivity contribution in [2.75, 3.05) is 26.2 Å². The normalized spacial score (nSPS) is 14.8. The number of piperazine rings is 1. The third kappa shape index (κ3) is 12.2. The SMILES string of the molecule is CC(C)(C)OC(=O)N1CCN(Cc2cccc(C(=O)NC(C)(C)C(F)(F)F)c2)CC1.CC(C)(NC(=O)c1cccc(CCl)c1)C(F)(F)F. The van der Waals surface area contributed by atoms with Crippen molar-refractivity contribution in [3.8, 4) is 0 Å². The molecule has 48 heavy (non-hydrogen) atoms. The zero-order chi connectivity index (χ0) is 36.7. The molecule has 1 aliphatic rings. The van der Waals surface area contributed by atoms with E-state index < -0.39 is 40.8 Å². The van der Waals surface area contributed by atoms with Gasteiger partial charge in [-0.05, 0) is 83.9 Å². The van der Waals surface area contributed by atoms with Crippen molar-refractivity contribution >= 4 is 29.5 Å². The maximum Gasteiger partial charge on any atom is 0.410 e. The Hall–Kier alpha value is -3.52. The molecule has 268 valence electrons. The first kappa shape index (κ1) is 40.7. The second kappa shape index (κ2) is 15.8. The van der Waals surface area contributed by atoms with Crippen LogP contribution in [0.25, 0.3) is 0 Å². The summed E-state index contributed by atoms with van der Waals surface area (Å²) in [7, 11) is 0. The smallest absolute Gasteiger partial charge is 0.410 e. The Bertz CT molecular complexity index is 1420. The number of rotatable bonds is 7. The minimum absolute atomic E-state index is 0.158. The van der Waals surface area contributed by atoms with Crippen molar-refractivity contribution < 1.29 is 45.5 Å². The first-order chi connectivity index (χ1) is 21.8. The van der Waals surface area contributed by atoms with Crippen LogP contribution < -0.4 is 10.6 Å². The van der Waals surface area contributed by atoms with E-state index in [0.29, 0.717) is 38.3 Å². The molecule has 0 atom stereocenters. The summed E-state index contributed by atoms with van der Waals surface area (Å²) in [4.78, 5) is 39.9. The van der Waals surface area contributed by atoms with E-state index in [-0.39, 0.29) is 23.1 Å². The van der Waals surface area contributed by atoms with Crippen LogP contribution >= 0.6 is 11.6 Å². The maximum atomic E-state index is 13.0. The van der Waals surface area contributed by atoms with Gasteiger partial charge in [-0.2, -0.15) is 26.3 Å². The van der Waals surface area contributed by atoms with Gasteiger partial charge in [0.25, 0.3) is 11.8 Å². The number of halogens is 7. The lowest BCUT2D eigenvalue weighted by atomic mass is 10.0. The molecule has 3 rings (SSSR count). The average Bonchev–Trinajstić information content (AvgIpc) is 2.95. The highest BCUT2D eigenvalue weighted by atomic mass is 35.5. The Labute approximate surface area is 282 Å². The van der Waals surface area contributed by atoms with E-state index in [1.807, 2.05) is 37.5 Å². The number of ether oxygens (including phenoxy) is 1. The molecule has 0 radical (unpaired) electrons. The van der Waals surface area contributed by atoms with Crippen LogP contribution in [0.2, 0.25) is 0 Å². The minimum atomic E-state index is -4.55. The highest BCUT2D eigenvalue weighted by Gasteiger charge is 2.49. The van der Waals surface area contributed by atoms with Gasteiger partial charge in [0.2, 0.25) is 0 Å². The fourth-order valence-electron chi connectivity index (χ4n) is 4.13. The summed E-state index contributed by atoms with van der Waals surface area (Å²) in [6.07, 6.45) is -9.39. The minimum Gasteiger partial charge on any atom is -0.444 e. The molecule has 1 heterocycles. The van der Waals surface area contributed by atoms with Gasteiger partial charge in [0.05, 0.1) is 0 Å². The molecular weight excluding hydrogens is 666 g/mol. The van der Waals surface area contributed by atoms with Gasteiger partial charge in [-0.15, -0.1) is 11.6 Å². The highest BCUT2D eigenvalue weighted by molar-refractivity contribution is 6.17. The van der Waals surface area contributed by atoms with Crippen molar-refractivity contribution in [1.82, 2.24) is 20.4 Å². The van der Waals surface area contributed by atoms with E-state index in [2.05, 4.69) is 4.90 Å². The predicted molar refractivity (Wildman–Crippen MR) is 171 cm³/mol. The van der Waals surface area contributed by atoms with Crippen molar-refractivity contribution in [2.45, 2.75) is 89.9 Å². The molecule has 2 N–H and O–H groups in total. The third-order valence-corrected chi connectivity index (χ3v) is 7.54. The van der Waals surface area contributed by atoms with E-state index in [9.17, 15) is 40.7 Å². The van der Waals surface area contributed by atoms with Gasteiger partial charge in [-0.3, -0.25) is 14.5 Å². The Morgan fingerprint density at radius 2 is 1.12 bits per heavy atom. The van der Waals surface area contributed by atoms with E-state index >= 15 is 0 Å².